The molecular formula is C20H27N3O6S2. The lowest BCUT2D eigenvalue weighted by Gasteiger charge is -2.22. The summed E-state index contributed by atoms with van der Waals surface area (Å²) in [5.41, 5.74) is 1.71. The normalized spacial score (nSPS) is 13.5. The second kappa shape index (κ2) is 10.7. The van der Waals surface area contributed by atoms with Gasteiger partial charge in [0.15, 0.2) is 0 Å². The molecule has 0 spiro atoms. The quantitative estimate of drug-likeness (QED) is 0.401. The molecule has 1 amide bonds. The number of thiazole rings is 1. The summed E-state index contributed by atoms with van der Waals surface area (Å²) in [5.74, 6) is -2.13. The fourth-order valence-electron chi connectivity index (χ4n) is 2.97. The second-order valence-corrected chi connectivity index (χ2v) is 9.30. The molecule has 3 N–H and O–H groups in total. The van der Waals surface area contributed by atoms with Crippen molar-refractivity contribution >= 4 is 33.5 Å². The Balaban J connectivity index is 2.27. The van der Waals surface area contributed by atoms with Crippen LogP contribution in [0.1, 0.15) is 43.1 Å². The van der Waals surface area contributed by atoms with Gasteiger partial charge in [-0.3, -0.25) is 9.59 Å². The van der Waals surface area contributed by atoms with Crippen molar-refractivity contribution in [2.45, 2.75) is 39.7 Å². The molecule has 1 aromatic heterocycles. The van der Waals surface area contributed by atoms with E-state index in [-0.39, 0.29) is 11.7 Å². The molecule has 0 aliphatic rings. The molecule has 2 aromatic rings. The van der Waals surface area contributed by atoms with Crippen LogP contribution in [0.2, 0.25) is 0 Å². The van der Waals surface area contributed by atoms with E-state index in [1.807, 2.05) is 12.3 Å². The van der Waals surface area contributed by atoms with Gasteiger partial charge in [-0.25, -0.2) is 4.98 Å². The summed E-state index contributed by atoms with van der Waals surface area (Å²) in [6.45, 7) is 5.54. The number of nitrogens with zero attached hydrogens (tertiary/aromatic N) is 1. The molecule has 2 atom stereocenters. The molecule has 2 rings (SSSR count). The first-order chi connectivity index (χ1) is 14.5. The molecule has 1 heterocycles. The number of aromatic nitrogens is 1. The zero-order chi connectivity index (χ0) is 23.2. The van der Waals surface area contributed by atoms with Crippen LogP contribution in [0.5, 0.6) is 5.75 Å². The van der Waals surface area contributed by atoms with E-state index in [0.29, 0.717) is 11.4 Å². The highest BCUT2D eigenvalue weighted by Gasteiger charge is 2.33. The molecule has 9 nitrogen and oxygen atoms in total. The largest absolute Gasteiger partial charge is 0.468 e. The van der Waals surface area contributed by atoms with Crippen LogP contribution in [0.4, 0.5) is 0 Å². The van der Waals surface area contributed by atoms with E-state index in [2.05, 4.69) is 14.5 Å². The molecule has 170 valence electrons. The van der Waals surface area contributed by atoms with Crippen LogP contribution in [-0.4, -0.2) is 32.4 Å². The molecular weight excluding hydrogens is 442 g/mol. The molecule has 2 unspecified atom stereocenters. The number of carbonyl (C=O) groups excluding carboxylic acids is 2. The first-order valence-electron chi connectivity index (χ1n) is 9.67. The first-order valence-corrected chi connectivity index (χ1v) is 12.0. The minimum Gasteiger partial charge on any atom is -0.468 e. The van der Waals surface area contributed by atoms with Crippen LogP contribution < -0.4 is 14.6 Å². The summed E-state index contributed by atoms with van der Waals surface area (Å²) in [6, 6.07) is 5.82. The number of ether oxygens (including phenoxy) is 1. The van der Waals surface area contributed by atoms with E-state index >= 15 is 0 Å². The van der Waals surface area contributed by atoms with Crippen LogP contribution in [0, 0.1) is 11.8 Å². The van der Waals surface area contributed by atoms with Gasteiger partial charge < -0.3 is 14.2 Å². The highest BCUT2D eigenvalue weighted by Crippen LogP contribution is 2.25. The van der Waals surface area contributed by atoms with Crippen molar-refractivity contribution in [1.82, 2.24) is 10.3 Å². The number of nitrogens with two attached hydrogens (primary N) is 1. The standard InChI is InChI=1S/C20H27N3O6S2/c1-5-14-11-30-19(22-14)16(23-18(24)17(12(2)3)20(25)28-4)10-13-6-8-15(9-7-13)29-31(21,26)27/h6-9,11-12,16-17H,5,10H2,1-4H3,(H,23,24)(H2,21,26,27). The third-order valence-electron chi connectivity index (χ3n) is 4.53. The second-order valence-electron chi connectivity index (χ2n) is 7.26. The monoisotopic (exact) mass is 469 g/mol. The van der Waals surface area contributed by atoms with E-state index in [1.54, 1.807) is 26.0 Å². The first kappa shape index (κ1) is 24.8. The molecule has 0 saturated heterocycles. The van der Waals surface area contributed by atoms with Gasteiger partial charge in [0.25, 0.3) is 0 Å². The van der Waals surface area contributed by atoms with Crippen molar-refractivity contribution in [3.63, 3.8) is 0 Å². The molecule has 1 aromatic carbocycles. The Morgan fingerprint density at radius 3 is 2.35 bits per heavy atom. The average Bonchev–Trinajstić information content (AvgIpc) is 3.16. The minimum atomic E-state index is -4.11. The molecule has 31 heavy (non-hydrogen) atoms. The van der Waals surface area contributed by atoms with Gasteiger partial charge in [-0.1, -0.05) is 32.9 Å². The van der Waals surface area contributed by atoms with Gasteiger partial charge in [-0.05, 0) is 36.5 Å². The maximum absolute atomic E-state index is 12.9. The van der Waals surface area contributed by atoms with Crippen LogP contribution >= 0.6 is 11.3 Å². The zero-order valence-electron chi connectivity index (χ0n) is 17.8. The summed E-state index contributed by atoms with van der Waals surface area (Å²) < 4.78 is 31.6. The molecule has 0 fully saturated rings. The van der Waals surface area contributed by atoms with Gasteiger partial charge in [-0.2, -0.15) is 13.6 Å². The average molecular weight is 470 g/mol. The highest BCUT2D eigenvalue weighted by atomic mass is 32.2. The number of aryl methyl sites for hydroxylation is 1. The maximum Gasteiger partial charge on any atom is 0.380 e. The molecule has 0 aliphatic heterocycles. The van der Waals surface area contributed by atoms with Crippen LogP contribution in [0.25, 0.3) is 0 Å². The van der Waals surface area contributed by atoms with Crippen molar-refractivity contribution in [3.8, 4) is 5.75 Å². The van der Waals surface area contributed by atoms with Gasteiger partial charge >= 0.3 is 16.3 Å². The lowest BCUT2D eigenvalue weighted by molar-refractivity contribution is -0.152. The highest BCUT2D eigenvalue weighted by molar-refractivity contribution is 7.84. The molecule has 11 heteroatoms. The predicted octanol–water partition coefficient (Wildman–Crippen LogP) is 2.13. The Labute approximate surface area is 186 Å². The number of nitrogens with one attached hydrogen (secondary N) is 1. The van der Waals surface area contributed by atoms with Crippen molar-refractivity contribution in [2.24, 2.45) is 17.0 Å². The summed E-state index contributed by atoms with van der Waals surface area (Å²) in [4.78, 5) is 29.6. The van der Waals surface area contributed by atoms with Crippen LogP contribution in [0.3, 0.4) is 0 Å². The van der Waals surface area contributed by atoms with Crippen LogP contribution in [-0.2, 0) is 37.5 Å². The smallest absolute Gasteiger partial charge is 0.380 e. The fourth-order valence-corrected chi connectivity index (χ4v) is 4.30. The SMILES string of the molecule is CCc1csc(C(Cc2ccc(OS(N)(=O)=O)cc2)NC(=O)C(C(=O)OC)C(C)C)n1. The van der Waals surface area contributed by atoms with Gasteiger partial charge in [0, 0.05) is 5.38 Å². The molecule has 0 bridgehead atoms. The van der Waals surface area contributed by atoms with Crippen molar-refractivity contribution in [3.05, 3.63) is 45.9 Å². The molecule has 0 aliphatic carbocycles. The molecule has 0 saturated carbocycles. The zero-order valence-corrected chi connectivity index (χ0v) is 19.5. The Morgan fingerprint density at radius 2 is 1.87 bits per heavy atom. The van der Waals surface area contributed by atoms with Crippen molar-refractivity contribution < 1.29 is 26.9 Å². The summed E-state index contributed by atoms with van der Waals surface area (Å²) in [5, 5.41) is 10.4. The molecule has 0 radical (unpaired) electrons. The van der Waals surface area contributed by atoms with E-state index in [4.69, 9.17) is 9.88 Å². The van der Waals surface area contributed by atoms with E-state index in [1.165, 1.54) is 30.6 Å². The summed E-state index contributed by atoms with van der Waals surface area (Å²) >= 11 is 1.43. The number of rotatable bonds is 10. The lowest BCUT2D eigenvalue weighted by atomic mass is 9.94. The Hall–Kier alpha value is -2.50. The fraction of sp³-hybridized carbons (Fsp3) is 0.450. The number of hydrogen-bond acceptors (Lipinski definition) is 8. The number of esters is 1. The predicted molar refractivity (Wildman–Crippen MR) is 117 cm³/mol. The van der Waals surface area contributed by atoms with E-state index in [9.17, 15) is 18.0 Å². The van der Waals surface area contributed by atoms with E-state index in [0.717, 1.165) is 17.7 Å². The minimum absolute atomic E-state index is 0.0833. The van der Waals surface area contributed by atoms with Crippen molar-refractivity contribution in [2.75, 3.05) is 7.11 Å². The summed E-state index contributed by atoms with van der Waals surface area (Å²) in [7, 11) is -2.86. The third kappa shape index (κ3) is 7.30. The third-order valence-corrected chi connectivity index (χ3v) is 5.96. The Bertz CT molecular complexity index is 1000. The van der Waals surface area contributed by atoms with Crippen molar-refractivity contribution in [1.29, 1.82) is 0 Å². The number of methoxy groups -OCH3 is 1. The van der Waals surface area contributed by atoms with Crippen LogP contribution in [0.15, 0.2) is 29.6 Å². The lowest BCUT2D eigenvalue weighted by Crippen LogP contribution is -2.41. The maximum atomic E-state index is 12.9. The Morgan fingerprint density at radius 1 is 1.23 bits per heavy atom. The number of benzene rings is 1. The summed E-state index contributed by atoms with van der Waals surface area (Å²) in [6.07, 6.45) is 1.14. The van der Waals surface area contributed by atoms with Gasteiger partial charge in [0.05, 0.1) is 18.8 Å². The number of hydrogen-bond donors (Lipinski definition) is 2. The van der Waals surface area contributed by atoms with Gasteiger partial charge in [0.1, 0.15) is 16.7 Å². The Kier molecular flexibility index (Phi) is 8.54. The van der Waals surface area contributed by atoms with E-state index < -0.39 is 34.1 Å². The number of carbonyl (C=O) groups is 2. The van der Waals surface area contributed by atoms with Gasteiger partial charge in [-0.15, -0.1) is 11.3 Å². The number of amides is 1. The topological polar surface area (TPSA) is 138 Å². The van der Waals surface area contributed by atoms with Gasteiger partial charge in [0.2, 0.25) is 5.91 Å².